The summed E-state index contributed by atoms with van der Waals surface area (Å²) in [6, 6.07) is 16.1. The average molecular weight is 423 g/mol. The van der Waals surface area contributed by atoms with E-state index in [0.717, 1.165) is 33.6 Å². The van der Waals surface area contributed by atoms with E-state index >= 15 is 0 Å². The molecule has 0 unspecified atom stereocenters. The number of thiazole rings is 1. The highest BCUT2D eigenvalue weighted by Gasteiger charge is 2.29. The first-order valence-electron chi connectivity index (χ1n) is 9.10. The molecule has 0 radical (unpaired) electrons. The van der Waals surface area contributed by atoms with Crippen molar-refractivity contribution in [3.05, 3.63) is 70.7 Å². The van der Waals surface area contributed by atoms with Crippen molar-refractivity contribution in [3.63, 3.8) is 0 Å². The third kappa shape index (κ3) is 4.01. The molecule has 3 N–H and O–H groups in total. The summed E-state index contributed by atoms with van der Waals surface area (Å²) in [5.41, 5.74) is 4.49. The van der Waals surface area contributed by atoms with Crippen molar-refractivity contribution in [2.45, 2.75) is 5.92 Å². The third-order valence-electron chi connectivity index (χ3n) is 4.68. The van der Waals surface area contributed by atoms with Gasteiger partial charge in [0.2, 0.25) is 0 Å². The number of nitrogens with zero attached hydrogens (tertiary/aromatic N) is 1. The fraction of sp³-hybridized carbons (Fsp3) is 0.143. The number of amides is 2. The summed E-state index contributed by atoms with van der Waals surface area (Å²) >= 11 is 0.928. The Labute approximate surface area is 175 Å². The van der Waals surface area contributed by atoms with Gasteiger partial charge in [0.15, 0.2) is 5.13 Å². The zero-order valence-electron chi connectivity index (χ0n) is 15.6. The molecule has 8 nitrogen and oxygen atoms in total. The Hall–Kier alpha value is -3.72. The number of aliphatic carboxylic acids is 1. The fourth-order valence-corrected chi connectivity index (χ4v) is 4.12. The number of carbonyl (C=O) groups is 3. The minimum atomic E-state index is -1.15. The number of benzene rings is 2. The molecular formula is C21H17N3O5S. The van der Waals surface area contributed by atoms with Crippen molar-refractivity contribution >= 4 is 34.4 Å². The van der Waals surface area contributed by atoms with E-state index in [2.05, 4.69) is 27.8 Å². The molecular weight excluding hydrogens is 406 g/mol. The Morgan fingerprint density at radius 1 is 1.03 bits per heavy atom. The second kappa shape index (κ2) is 8.34. The SMILES string of the molecule is O=C(O)CNC(=O)c1cnc(NC(=O)OCC2c3ccccc3-c3ccccc32)s1. The molecule has 0 spiro atoms. The normalized spacial score (nSPS) is 12.0. The lowest BCUT2D eigenvalue weighted by molar-refractivity contribution is -0.135. The Morgan fingerprint density at radius 2 is 1.67 bits per heavy atom. The van der Waals surface area contributed by atoms with Crippen molar-refractivity contribution in [2.24, 2.45) is 0 Å². The van der Waals surface area contributed by atoms with E-state index < -0.39 is 24.5 Å². The van der Waals surface area contributed by atoms with Crippen molar-refractivity contribution in [2.75, 3.05) is 18.5 Å². The lowest BCUT2D eigenvalue weighted by Gasteiger charge is -2.14. The van der Waals surface area contributed by atoms with Crippen molar-refractivity contribution in [3.8, 4) is 11.1 Å². The molecule has 1 heterocycles. The van der Waals surface area contributed by atoms with Gasteiger partial charge in [-0.25, -0.2) is 9.78 Å². The van der Waals surface area contributed by atoms with Crippen LogP contribution in [0.25, 0.3) is 11.1 Å². The molecule has 0 atom stereocenters. The number of rotatable bonds is 6. The lowest BCUT2D eigenvalue weighted by Crippen LogP contribution is -2.28. The number of aromatic nitrogens is 1. The molecule has 1 aliphatic carbocycles. The second-order valence-corrected chi connectivity index (χ2v) is 7.59. The van der Waals surface area contributed by atoms with Crippen LogP contribution in [-0.4, -0.2) is 41.2 Å². The number of hydrogen-bond acceptors (Lipinski definition) is 6. The highest BCUT2D eigenvalue weighted by atomic mass is 32.1. The van der Waals surface area contributed by atoms with E-state index in [1.165, 1.54) is 6.20 Å². The van der Waals surface area contributed by atoms with Crippen LogP contribution in [0.5, 0.6) is 0 Å². The van der Waals surface area contributed by atoms with Gasteiger partial charge in [-0.05, 0) is 22.3 Å². The zero-order valence-corrected chi connectivity index (χ0v) is 16.4. The molecule has 1 aliphatic rings. The summed E-state index contributed by atoms with van der Waals surface area (Å²) in [5, 5.41) is 13.5. The standard InChI is InChI=1S/C21H17N3O5S/c25-18(26)10-22-19(27)17-9-23-20(30-17)24-21(28)29-11-16-14-7-3-1-5-12(14)13-6-2-4-8-15(13)16/h1-9,16H,10-11H2,(H,22,27)(H,25,26)(H,23,24,28). The van der Waals surface area contributed by atoms with Gasteiger partial charge >= 0.3 is 12.1 Å². The number of hydrogen-bond donors (Lipinski definition) is 3. The van der Waals surface area contributed by atoms with Crippen LogP contribution < -0.4 is 10.6 Å². The molecule has 0 bridgehead atoms. The summed E-state index contributed by atoms with van der Waals surface area (Å²) < 4.78 is 5.43. The lowest BCUT2D eigenvalue weighted by atomic mass is 9.98. The first kappa shape index (κ1) is 19.6. The fourth-order valence-electron chi connectivity index (χ4n) is 3.40. The van der Waals surface area contributed by atoms with Crippen molar-refractivity contribution < 1.29 is 24.2 Å². The van der Waals surface area contributed by atoms with Crippen molar-refractivity contribution in [1.29, 1.82) is 0 Å². The smallest absolute Gasteiger partial charge is 0.413 e. The largest absolute Gasteiger partial charge is 0.480 e. The molecule has 1 aromatic heterocycles. The van der Waals surface area contributed by atoms with Gasteiger partial charge in [-0.1, -0.05) is 59.9 Å². The van der Waals surface area contributed by atoms with Gasteiger partial charge in [-0.2, -0.15) is 0 Å². The van der Waals surface area contributed by atoms with E-state index in [1.807, 2.05) is 36.4 Å². The maximum atomic E-state index is 12.2. The molecule has 30 heavy (non-hydrogen) atoms. The molecule has 152 valence electrons. The first-order chi connectivity index (χ1) is 14.5. The third-order valence-corrected chi connectivity index (χ3v) is 5.59. The number of carbonyl (C=O) groups excluding carboxylic acids is 2. The van der Waals surface area contributed by atoms with Gasteiger partial charge in [-0.15, -0.1) is 0 Å². The minimum absolute atomic E-state index is 0.0585. The molecule has 4 rings (SSSR count). The Bertz CT molecular complexity index is 1080. The highest BCUT2D eigenvalue weighted by molar-refractivity contribution is 7.17. The van der Waals surface area contributed by atoms with E-state index in [-0.39, 0.29) is 22.5 Å². The topological polar surface area (TPSA) is 118 Å². The Kier molecular flexibility index (Phi) is 5.44. The molecule has 2 amide bonds. The number of nitrogens with one attached hydrogen (secondary N) is 2. The van der Waals surface area contributed by atoms with E-state index in [9.17, 15) is 14.4 Å². The van der Waals surface area contributed by atoms with E-state index in [4.69, 9.17) is 9.84 Å². The van der Waals surface area contributed by atoms with Gasteiger partial charge in [0.25, 0.3) is 5.91 Å². The van der Waals surface area contributed by atoms with Crippen LogP contribution in [0.2, 0.25) is 0 Å². The van der Waals surface area contributed by atoms with Gasteiger partial charge in [0.1, 0.15) is 18.0 Å². The predicted molar refractivity (Wildman–Crippen MR) is 111 cm³/mol. The summed E-state index contributed by atoms with van der Waals surface area (Å²) in [4.78, 5) is 38.7. The average Bonchev–Trinajstić information content (AvgIpc) is 3.33. The first-order valence-corrected chi connectivity index (χ1v) is 9.92. The van der Waals surface area contributed by atoms with E-state index in [0.29, 0.717) is 0 Å². The van der Waals surface area contributed by atoms with Crippen LogP contribution in [0.4, 0.5) is 9.93 Å². The number of carboxylic acid groups (broad SMARTS) is 1. The van der Waals surface area contributed by atoms with Crippen LogP contribution in [0, 0.1) is 0 Å². The quantitative estimate of drug-likeness (QED) is 0.560. The molecule has 3 aromatic rings. The van der Waals surface area contributed by atoms with Gasteiger partial charge in [0.05, 0.1) is 6.20 Å². The molecule has 0 saturated carbocycles. The molecule has 0 aliphatic heterocycles. The summed E-state index contributed by atoms with van der Waals surface area (Å²) in [7, 11) is 0. The summed E-state index contributed by atoms with van der Waals surface area (Å²) in [6.07, 6.45) is 0.588. The summed E-state index contributed by atoms with van der Waals surface area (Å²) in [6.45, 7) is -0.330. The van der Waals surface area contributed by atoms with Crippen LogP contribution in [-0.2, 0) is 9.53 Å². The van der Waals surface area contributed by atoms with Gasteiger partial charge in [0, 0.05) is 5.92 Å². The van der Waals surface area contributed by atoms with Gasteiger partial charge < -0.3 is 15.2 Å². The second-order valence-electron chi connectivity index (χ2n) is 6.56. The van der Waals surface area contributed by atoms with Crippen LogP contribution >= 0.6 is 11.3 Å². The molecule has 2 aromatic carbocycles. The monoisotopic (exact) mass is 423 g/mol. The maximum Gasteiger partial charge on any atom is 0.413 e. The highest BCUT2D eigenvalue weighted by Crippen LogP contribution is 2.44. The number of carboxylic acids is 1. The minimum Gasteiger partial charge on any atom is -0.480 e. The number of fused-ring (bicyclic) bond motifs is 3. The molecule has 0 saturated heterocycles. The van der Waals surface area contributed by atoms with Crippen LogP contribution in [0.1, 0.15) is 26.7 Å². The van der Waals surface area contributed by atoms with Crippen LogP contribution in [0.3, 0.4) is 0 Å². The summed E-state index contributed by atoms with van der Waals surface area (Å²) in [5.74, 6) is -1.78. The Morgan fingerprint density at radius 3 is 2.30 bits per heavy atom. The number of anilines is 1. The molecule has 9 heteroatoms. The van der Waals surface area contributed by atoms with Crippen LogP contribution in [0.15, 0.2) is 54.7 Å². The Balaban J connectivity index is 1.38. The molecule has 0 fully saturated rings. The van der Waals surface area contributed by atoms with Crippen molar-refractivity contribution in [1.82, 2.24) is 10.3 Å². The predicted octanol–water partition coefficient (Wildman–Crippen LogP) is 3.32. The maximum absolute atomic E-state index is 12.2. The van der Waals surface area contributed by atoms with E-state index in [1.54, 1.807) is 0 Å². The number of ether oxygens (including phenoxy) is 1. The van der Waals surface area contributed by atoms with Gasteiger partial charge in [-0.3, -0.25) is 14.9 Å². The zero-order chi connectivity index (χ0) is 21.1.